The highest BCUT2D eigenvalue weighted by molar-refractivity contribution is 5.75. The Morgan fingerprint density at radius 1 is 1.00 bits per heavy atom. The fourth-order valence-corrected chi connectivity index (χ4v) is 4.79. The van der Waals surface area contributed by atoms with Crippen LogP contribution in [0, 0.1) is 35.3 Å². The zero-order chi connectivity index (χ0) is 19.2. The summed E-state index contributed by atoms with van der Waals surface area (Å²) in [5.41, 5.74) is 0. The van der Waals surface area contributed by atoms with Gasteiger partial charge < -0.3 is 4.74 Å². The van der Waals surface area contributed by atoms with Crippen LogP contribution in [0.3, 0.4) is 0 Å². The number of hydrogen-bond donors (Lipinski definition) is 0. The Kier molecular flexibility index (Phi) is 7.03. The van der Waals surface area contributed by atoms with Crippen molar-refractivity contribution in [1.29, 1.82) is 0 Å². The monoisotopic (exact) mass is 376 g/mol. The van der Waals surface area contributed by atoms with Crippen LogP contribution in [-0.2, 0) is 4.79 Å². The van der Waals surface area contributed by atoms with Crippen LogP contribution >= 0.6 is 0 Å². The molecule has 2 aliphatic rings. The molecule has 2 saturated carbocycles. The van der Waals surface area contributed by atoms with Crippen molar-refractivity contribution in [3.05, 3.63) is 42.0 Å². The molecule has 0 atom stereocenters. The van der Waals surface area contributed by atoms with Gasteiger partial charge in [-0.3, -0.25) is 4.79 Å². The predicted molar refractivity (Wildman–Crippen MR) is 102 cm³/mol. The molecule has 0 heterocycles. The van der Waals surface area contributed by atoms with Crippen molar-refractivity contribution in [2.45, 2.75) is 64.7 Å². The van der Waals surface area contributed by atoms with E-state index in [0.29, 0.717) is 0 Å². The van der Waals surface area contributed by atoms with Gasteiger partial charge >= 0.3 is 5.97 Å². The van der Waals surface area contributed by atoms with Crippen LogP contribution in [0.15, 0.2) is 30.4 Å². The first-order chi connectivity index (χ1) is 13.1. The molecule has 2 aliphatic carbocycles. The number of benzene rings is 1. The lowest BCUT2D eigenvalue weighted by atomic mass is 9.69. The highest BCUT2D eigenvalue weighted by Gasteiger charge is 2.33. The molecule has 0 amide bonds. The average molecular weight is 376 g/mol. The lowest BCUT2D eigenvalue weighted by Gasteiger charge is -2.37. The summed E-state index contributed by atoms with van der Waals surface area (Å²) in [5, 5.41) is 0. The number of ether oxygens (including phenoxy) is 1. The number of carbonyl (C=O) groups is 1. The molecule has 0 radical (unpaired) electrons. The highest BCUT2D eigenvalue weighted by Crippen LogP contribution is 2.42. The Labute approximate surface area is 161 Å². The van der Waals surface area contributed by atoms with Crippen molar-refractivity contribution in [2.75, 3.05) is 0 Å². The minimum atomic E-state index is -0.992. The molecule has 148 valence electrons. The van der Waals surface area contributed by atoms with E-state index in [4.69, 9.17) is 4.74 Å². The number of halogens is 2. The van der Waals surface area contributed by atoms with Gasteiger partial charge in [0.25, 0.3) is 0 Å². The number of carbonyl (C=O) groups excluding carboxylic acids is 1. The fraction of sp³-hybridized carbons (Fsp3) is 0.609. The van der Waals surface area contributed by atoms with Crippen LogP contribution in [0.2, 0.25) is 0 Å². The summed E-state index contributed by atoms with van der Waals surface area (Å²) in [6.45, 7) is 2.08. The molecule has 0 spiro atoms. The van der Waals surface area contributed by atoms with E-state index < -0.39 is 11.6 Å². The maximum atomic E-state index is 13.3. The molecule has 1 aromatic rings. The summed E-state index contributed by atoms with van der Waals surface area (Å²) in [4.78, 5) is 12.3. The van der Waals surface area contributed by atoms with Crippen LogP contribution in [0.4, 0.5) is 8.78 Å². The lowest BCUT2D eigenvalue weighted by Crippen LogP contribution is -2.30. The van der Waals surface area contributed by atoms with Gasteiger partial charge in [0.15, 0.2) is 11.6 Å². The second-order valence-electron chi connectivity index (χ2n) is 8.19. The molecule has 0 bridgehead atoms. The molecular formula is C23H30F2O2. The molecule has 27 heavy (non-hydrogen) atoms. The van der Waals surface area contributed by atoms with Crippen molar-refractivity contribution in [1.82, 2.24) is 0 Å². The number of allylic oxidation sites excluding steroid dienone is 2. The fourth-order valence-electron chi connectivity index (χ4n) is 4.79. The summed E-state index contributed by atoms with van der Waals surface area (Å²) >= 11 is 0. The molecule has 1 aromatic carbocycles. The minimum absolute atomic E-state index is 0.0838. The zero-order valence-corrected chi connectivity index (χ0v) is 16.1. The second kappa shape index (κ2) is 9.48. The standard InChI is InChI=1S/C23H30F2O2/c1-2-3-4-16-5-7-17(8-6-16)18-9-11-19(12-10-18)23(26)27-20-13-14-21(24)22(25)15-20/h2-3,13-19H,4-12H2,1H3/b3-2+/t16?,17?,18-,19-. The van der Waals surface area contributed by atoms with Crippen molar-refractivity contribution in [2.24, 2.45) is 23.7 Å². The molecule has 4 heteroatoms. The number of hydrogen-bond acceptors (Lipinski definition) is 2. The maximum Gasteiger partial charge on any atom is 0.314 e. The predicted octanol–water partition coefficient (Wildman–Crippen LogP) is 6.45. The van der Waals surface area contributed by atoms with E-state index in [2.05, 4.69) is 19.1 Å². The SMILES string of the molecule is C/C=C/CC1CCC([C@H]2CC[C@H](C(=O)Oc3ccc(F)c(F)c3)CC2)CC1. The molecular weight excluding hydrogens is 346 g/mol. The Balaban J connectivity index is 1.43. The van der Waals surface area contributed by atoms with Gasteiger partial charge in [0.05, 0.1) is 5.92 Å². The lowest BCUT2D eigenvalue weighted by molar-refractivity contribution is -0.140. The van der Waals surface area contributed by atoms with Crippen molar-refractivity contribution >= 4 is 5.97 Å². The van der Waals surface area contributed by atoms with Gasteiger partial charge in [0.1, 0.15) is 5.75 Å². The van der Waals surface area contributed by atoms with Crippen molar-refractivity contribution in [3.63, 3.8) is 0 Å². The van der Waals surface area contributed by atoms with Crippen LogP contribution < -0.4 is 4.74 Å². The summed E-state index contributed by atoms with van der Waals surface area (Å²) < 4.78 is 31.5. The quantitative estimate of drug-likeness (QED) is 0.335. The van der Waals surface area contributed by atoms with Gasteiger partial charge in [-0.2, -0.15) is 0 Å². The molecule has 0 saturated heterocycles. The van der Waals surface area contributed by atoms with Crippen molar-refractivity contribution in [3.8, 4) is 5.75 Å². The molecule has 3 rings (SSSR count). The third-order valence-corrected chi connectivity index (χ3v) is 6.48. The van der Waals surface area contributed by atoms with E-state index in [1.807, 2.05) is 0 Å². The summed E-state index contributed by atoms with van der Waals surface area (Å²) in [7, 11) is 0. The smallest absolute Gasteiger partial charge is 0.314 e. The van der Waals surface area contributed by atoms with Gasteiger partial charge in [-0.05, 0) is 94.6 Å². The largest absolute Gasteiger partial charge is 0.426 e. The van der Waals surface area contributed by atoms with Gasteiger partial charge in [0.2, 0.25) is 0 Å². The molecule has 0 unspecified atom stereocenters. The highest BCUT2D eigenvalue weighted by atomic mass is 19.2. The van der Waals surface area contributed by atoms with E-state index in [1.54, 1.807) is 0 Å². The van der Waals surface area contributed by atoms with Gasteiger partial charge in [-0.1, -0.05) is 12.2 Å². The Bertz CT molecular complexity index is 654. The summed E-state index contributed by atoms with van der Waals surface area (Å²) in [6.07, 6.45) is 14.8. The van der Waals surface area contributed by atoms with Crippen molar-refractivity contribution < 1.29 is 18.3 Å². The summed E-state index contributed by atoms with van der Waals surface area (Å²) in [5.74, 6) is 0.0926. The minimum Gasteiger partial charge on any atom is -0.426 e. The third-order valence-electron chi connectivity index (χ3n) is 6.48. The molecule has 0 aromatic heterocycles. The second-order valence-corrected chi connectivity index (χ2v) is 8.19. The van der Waals surface area contributed by atoms with Crippen LogP contribution in [0.1, 0.15) is 64.7 Å². The van der Waals surface area contributed by atoms with Crippen LogP contribution in [-0.4, -0.2) is 5.97 Å². The first-order valence-electron chi connectivity index (χ1n) is 10.3. The van der Waals surface area contributed by atoms with Crippen LogP contribution in [0.25, 0.3) is 0 Å². The van der Waals surface area contributed by atoms with E-state index >= 15 is 0 Å². The number of esters is 1. The number of rotatable bonds is 5. The van der Waals surface area contributed by atoms with E-state index in [1.165, 1.54) is 38.2 Å². The Morgan fingerprint density at radius 3 is 2.22 bits per heavy atom. The first-order valence-corrected chi connectivity index (χ1v) is 10.3. The molecule has 2 nitrogen and oxygen atoms in total. The first kappa shape index (κ1) is 20.0. The van der Waals surface area contributed by atoms with E-state index in [-0.39, 0.29) is 17.6 Å². The topological polar surface area (TPSA) is 26.3 Å². The zero-order valence-electron chi connectivity index (χ0n) is 16.1. The van der Waals surface area contributed by atoms with Crippen LogP contribution in [0.5, 0.6) is 5.75 Å². The van der Waals surface area contributed by atoms with E-state index in [9.17, 15) is 13.6 Å². The Morgan fingerprint density at radius 2 is 1.63 bits per heavy atom. The van der Waals surface area contributed by atoms with Gasteiger partial charge in [-0.15, -0.1) is 0 Å². The molecule has 0 aliphatic heterocycles. The van der Waals surface area contributed by atoms with E-state index in [0.717, 1.165) is 55.6 Å². The summed E-state index contributed by atoms with van der Waals surface area (Å²) in [6, 6.07) is 3.22. The maximum absolute atomic E-state index is 13.3. The van der Waals surface area contributed by atoms with Gasteiger partial charge in [-0.25, -0.2) is 8.78 Å². The Hall–Kier alpha value is -1.71. The third kappa shape index (κ3) is 5.40. The molecule has 2 fully saturated rings. The average Bonchev–Trinajstić information content (AvgIpc) is 2.70. The molecule has 0 N–H and O–H groups in total. The van der Waals surface area contributed by atoms with Gasteiger partial charge in [0, 0.05) is 6.07 Å². The normalized spacial score (nSPS) is 29.0.